The zero-order chi connectivity index (χ0) is 22.0. The Kier molecular flexibility index (Phi) is 5.40. The molecule has 0 unspecified atom stereocenters. The van der Waals surface area contributed by atoms with Gasteiger partial charge in [0.2, 0.25) is 5.95 Å². The third-order valence-corrected chi connectivity index (χ3v) is 6.18. The van der Waals surface area contributed by atoms with Crippen molar-refractivity contribution in [3.8, 4) is 27.8 Å². The van der Waals surface area contributed by atoms with Crippen LogP contribution in [0.5, 0.6) is 0 Å². The number of aromatic nitrogens is 2. The predicted octanol–water partition coefficient (Wildman–Crippen LogP) is 3.49. The smallest absolute Gasteiger partial charge is 0.325 e. The van der Waals surface area contributed by atoms with Crippen molar-refractivity contribution in [2.45, 2.75) is 19.4 Å². The van der Waals surface area contributed by atoms with Gasteiger partial charge in [0.1, 0.15) is 11.6 Å². The van der Waals surface area contributed by atoms with Crippen LogP contribution in [0.25, 0.3) is 21.7 Å². The number of nitriles is 1. The first-order valence-corrected chi connectivity index (χ1v) is 10.6. The molecular formula is C22H20N6O2S. The largest absolute Gasteiger partial charge is 0.352 e. The summed E-state index contributed by atoms with van der Waals surface area (Å²) in [5.74, 6) is 0.0994. The Morgan fingerprint density at radius 1 is 1.23 bits per heavy atom. The van der Waals surface area contributed by atoms with Crippen LogP contribution in [0.2, 0.25) is 0 Å². The average molecular weight is 433 g/mol. The molecular weight excluding hydrogens is 412 g/mol. The minimum Gasteiger partial charge on any atom is -0.352 e. The molecule has 0 atom stereocenters. The zero-order valence-electron chi connectivity index (χ0n) is 17.0. The maximum Gasteiger partial charge on any atom is 0.325 e. The van der Waals surface area contributed by atoms with Crippen molar-refractivity contribution in [3.05, 3.63) is 53.5 Å². The average Bonchev–Trinajstić information content (AvgIpc) is 3.28. The molecule has 2 N–H and O–H groups in total. The fourth-order valence-corrected chi connectivity index (χ4v) is 4.43. The van der Waals surface area contributed by atoms with E-state index in [1.807, 2.05) is 35.7 Å². The molecule has 1 aromatic carbocycles. The number of carbonyl (C=O) groups excluding carboxylic acids is 2. The van der Waals surface area contributed by atoms with Gasteiger partial charge < -0.3 is 10.2 Å². The second-order valence-corrected chi connectivity index (χ2v) is 8.37. The summed E-state index contributed by atoms with van der Waals surface area (Å²) >= 11 is 1.46. The van der Waals surface area contributed by atoms with Crippen LogP contribution in [0.15, 0.2) is 48.0 Å². The molecule has 1 aliphatic rings. The predicted molar refractivity (Wildman–Crippen MR) is 118 cm³/mol. The van der Waals surface area contributed by atoms with Gasteiger partial charge in [-0.3, -0.25) is 10.1 Å². The van der Waals surface area contributed by atoms with Crippen LogP contribution < -0.4 is 10.6 Å². The molecule has 31 heavy (non-hydrogen) atoms. The fraction of sp³-hybridized carbons (Fsp3) is 0.227. The van der Waals surface area contributed by atoms with Gasteiger partial charge in [-0.25, -0.2) is 14.8 Å². The number of nitrogens with one attached hydrogen (secondary N) is 2. The molecule has 2 aromatic heterocycles. The second-order valence-electron chi connectivity index (χ2n) is 7.49. The number of benzene rings is 1. The standard InChI is InChI=1S/C22H20N6O2S/c1-22(2)19(29)27-21(30)28(22)11-10-25-20-24-9-8-16(26-20)18-17(15(12-23)13-31-18)14-6-4-3-5-7-14/h3-9,13H,10-11H2,1-2H3,(H,24,25,26)(H,27,29,30). The summed E-state index contributed by atoms with van der Waals surface area (Å²) in [7, 11) is 0. The van der Waals surface area contributed by atoms with E-state index in [9.17, 15) is 14.9 Å². The van der Waals surface area contributed by atoms with Gasteiger partial charge in [-0.1, -0.05) is 30.3 Å². The minimum absolute atomic E-state index is 0.310. The topological polar surface area (TPSA) is 111 Å². The van der Waals surface area contributed by atoms with Crippen molar-refractivity contribution < 1.29 is 9.59 Å². The maximum atomic E-state index is 12.0. The van der Waals surface area contributed by atoms with Gasteiger partial charge in [-0.05, 0) is 25.5 Å². The van der Waals surface area contributed by atoms with E-state index in [1.54, 1.807) is 26.1 Å². The van der Waals surface area contributed by atoms with Gasteiger partial charge in [0, 0.05) is 30.2 Å². The van der Waals surface area contributed by atoms with Crippen LogP contribution in [0.3, 0.4) is 0 Å². The van der Waals surface area contributed by atoms with Crippen LogP contribution in [0, 0.1) is 11.3 Å². The Morgan fingerprint density at radius 2 is 2.00 bits per heavy atom. The van der Waals surface area contributed by atoms with Gasteiger partial charge in [0.15, 0.2) is 0 Å². The molecule has 3 aromatic rings. The lowest BCUT2D eigenvalue weighted by Gasteiger charge is -2.27. The van der Waals surface area contributed by atoms with Crippen molar-refractivity contribution in [2.75, 3.05) is 18.4 Å². The number of nitrogens with zero attached hydrogens (tertiary/aromatic N) is 4. The molecule has 1 fully saturated rings. The Balaban J connectivity index is 1.54. The molecule has 4 rings (SSSR count). The number of imide groups is 1. The van der Waals surface area contributed by atoms with E-state index >= 15 is 0 Å². The monoisotopic (exact) mass is 432 g/mol. The van der Waals surface area contributed by atoms with Gasteiger partial charge in [0.25, 0.3) is 5.91 Å². The number of anilines is 1. The quantitative estimate of drug-likeness (QED) is 0.577. The third kappa shape index (κ3) is 3.85. The summed E-state index contributed by atoms with van der Waals surface area (Å²) in [5, 5.41) is 16.8. The third-order valence-electron chi connectivity index (χ3n) is 5.18. The van der Waals surface area contributed by atoms with E-state index in [2.05, 4.69) is 26.7 Å². The Morgan fingerprint density at radius 3 is 2.68 bits per heavy atom. The van der Waals surface area contributed by atoms with Crippen LogP contribution >= 0.6 is 11.3 Å². The molecule has 1 saturated heterocycles. The highest BCUT2D eigenvalue weighted by Gasteiger charge is 2.45. The van der Waals surface area contributed by atoms with E-state index in [0.29, 0.717) is 30.3 Å². The van der Waals surface area contributed by atoms with Crippen molar-refractivity contribution in [3.63, 3.8) is 0 Å². The van der Waals surface area contributed by atoms with E-state index in [1.165, 1.54) is 16.2 Å². The fourth-order valence-electron chi connectivity index (χ4n) is 3.45. The Labute approximate surface area is 183 Å². The van der Waals surface area contributed by atoms with Crippen LogP contribution in [0.1, 0.15) is 19.4 Å². The van der Waals surface area contributed by atoms with Crippen LogP contribution in [-0.2, 0) is 4.79 Å². The normalized spacial score (nSPS) is 14.9. The summed E-state index contributed by atoms with van der Waals surface area (Å²) in [4.78, 5) is 35.1. The summed E-state index contributed by atoms with van der Waals surface area (Å²) < 4.78 is 0. The van der Waals surface area contributed by atoms with E-state index in [-0.39, 0.29) is 5.91 Å². The highest BCUT2D eigenvalue weighted by atomic mass is 32.1. The molecule has 3 amide bonds. The number of hydrogen-bond acceptors (Lipinski definition) is 7. The number of amides is 3. The molecule has 156 valence electrons. The molecule has 0 bridgehead atoms. The van der Waals surface area contributed by atoms with Gasteiger partial charge >= 0.3 is 6.03 Å². The number of urea groups is 1. The molecule has 0 aliphatic carbocycles. The van der Waals surface area contributed by atoms with Crippen molar-refractivity contribution >= 4 is 29.2 Å². The van der Waals surface area contributed by atoms with Crippen molar-refractivity contribution in [1.82, 2.24) is 20.2 Å². The Hall–Kier alpha value is -3.77. The summed E-state index contributed by atoms with van der Waals surface area (Å²) in [5.41, 5.74) is 2.22. The van der Waals surface area contributed by atoms with E-state index < -0.39 is 11.6 Å². The minimum atomic E-state index is -0.892. The number of hydrogen-bond donors (Lipinski definition) is 2. The van der Waals surface area contributed by atoms with Crippen molar-refractivity contribution in [2.24, 2.45) is 0 Å². The summed E-state index contributed by atoms with van der Waals surface area (Å²) in [6.07, 6.45) is 1.65. The number of rotatable bonds is 6. The molecule has 0 radical (unpaired) electrons. The lowest BCUT2D eigenvalue weighted by molar-refractivity contribution is -0.125. The zero-order valence-corrected chi connectivity index (χ0v) is 17.9. The first-order chi connectivity index (χ1) is 14.9. The SMILES string of the molecule is CC1(C)C(=O)NC(=O)N1CCNc1nccc(-c2scc(C#N)c2-c2ccccc2)n1. The lowest BCUT2D eigenvalue weighted by atomic mass is 10.0. The highest BCUT2D eigenvalue weighted by Crippen LogP contribution is 2.39. The molecule has 3 heterocycles. The summed E-state index contributed by atoms with van der Waals surface area (Å²) in [6.45, 7) is 4.12. The molecule has 9 heteroatoms. The molecule has 8 nitrogen and oxygen atoms in total. The first-order valence-electron chi connectivity index (χ1n) is 9.69. The van der Waals surface area contributed by atoms with Crippen LogP contribution in [-0.4, -0.2) is 45.4 Å². The number of thiophene rings is 1. The molecule has 0 spiro atoms. The van der Waals surface area contributed by atoms with Gasteiger partial charge in [-0.15, -0.1) is 11.3 Å². The van der Waals surface area contributed by atoms with E-state index in [4.69, 9.17) is 0 Å². The molecule has 0 saturated carbocycles. The van der Waals surface area contributed by atoms with Crippen LogP contribution in [0.4, 0.5) is 10.7 Å². The highest BCUT2D eigenvalue weighted by molar-refractivity contribution is 7.14. The maximum absolute atomic E-state index is 12.0. The van der Waals surface area contributed by atoms with E-state index in [0.717, 1.165) is 16.0 Å². The second kappa shape index (κ2) is 8.16. The van der Waals surface area contributed by atoms with Gasteiger partial charge in [-0.2, -0.15) is 5.26 Å². The lowest BCUT2D eigenvalue weighted by Crippen LogP contribution is -2.46. The van der Waals surface area contributed by atoms with Crippen molar-refractivity contribution in [1.29, 1.82) is 5.26 Å². The molecule has 1 aliphatic heterocycles. The number of carbonyl (C=O) groups is 2. The first kappa shape index (κ1) is 20.5. The Bertz CT molecular complexity index is 1180. The van der Waals surface area contributed by atoms with Gasteiger partial charge in [0.05, 0.1) is 16.1 Å². The summed E-state index contributed by atoms with van der Waals surface area (Å²) in [6, 6.07) is 13.4.